The van der Waals surface area contributed by atoms with Crippen molar-refractivity contribution in [3.63, 3.8) is 0 Å². The van der Waals surface area contributed by atoms with E-state index >= 15 is 0 Å². The zero-order valence-electron chi connectivity index (χ0n) is 10.9. The molecule has 1 saturated carbocycles. The average Bonchev–Trinajstić information content (AvgIpc) is 3.21. The summed E-state index contributed by atoms with van der Waals surface area (Å²) in [5.41, 5.74) is 1.88. The van der Waals surface area contributed by atoms with Crippen LogP contribution in [0.25, 0.3) is 10.9 Å². The van der Waals surface area contributed by atoms with Gasteiger partial charge in [-0.15, -0.1) is 0 Å². The van der Waals surface area contributed by atoms with Crippen molar-refractivity contribution in [2.24, 2.45) is 5.92 Å². The minimum absolute atomic E-state index is 0.0137. The number of para-hydroxylation sites is 1. The van der Waals surface area contributed by atoms with E-state index in [0.717, 1.165) is 29.3 Å². The zero-order valence-corrected chi connectivity index (χ0v) is 10.9. The van der Waals surface area contributed by atoms with E-state index in [4.69, 9.17) is 0 Å². The highest BCUT2D eigenvalue weighted by Gasteiger charge is 2.32. The number of nitrogens with one attached hydrogen (secondary N) is 2. The first-order valence-corrected chi connectivity index (χ1v) is 6.73. The molecule has 1 aromatic carbocycles. The lowest BCUT2D eigenvalue weighted by Gasteiger charge is -2.13. The Labute approximate surface area is 116 Å². The Balaban J connectivity index is 1.78. The number of benzene rings is 1. The molecule has 0 bridgehead atoms. The summed E-state index contributed by atoms with van der Waals surface area (Å²) >= 11 is 0. The summed E-state index contributed by atoms with van der Waals surface area (Å²) in [4.78, 5) is 26.2. The number of hydrogen-bond acceptors (Lipinski definition) is 2. The molecule has 0 unspecified atom stereocenters. The Hall–Kier alpha value is -2.30. The van der Waals surface area contributed by atoms with Crippen LogP contribution < -0.4 is 5.32 Å². The van der Waals surface area contributed by atoms with Crippen molar-refractivity contribution >= 4 is 22.8 Å². The second-order valence-electron chi connectivity index (χ2n) is 5.24. The Kier molecular flexibility index (Phi) is 3.18. The smallest absolute Gasteiger partial charge is 0.326 e. The summed E-state index contributed by atoms with van der Waals surface area (Å²) in [6, 6.07) is 6.85. The van der Waals surface area contributed by atoms with Crippen molar-refractivity contribution in [1.29, 1.82) is 0 Å². The molecule has 1 amide bonds. The highest BCUT2D eigenvalue weighted by Crippen LogP contribution is 2.29. The van der Waals surface area contributed by atoms with E-state index in [2.05, 4.69) is 10.3 Å². The lowest BCUT2D eigenvalue weighted by Crippen LogP contribution is -2.43. The van der Waals surface area contributed by atoms with Crippen LogP contribution in [0.3, 0.4) is 0 Å². The molecular weight excluding hydrogens is 256 g/mol. The summed E-state index contributed by atoms with van der Waals surface area (Å²) < 4.78 is 0. The van der Waals surface area contributed by atoms with E-state index in [1.165, 1.54) is 0 Å². The van der Waals surface area contributed by atoms with Gasteiger partial charge in [0.2, 0.25) is 5.91 Å². The molecule has 5 heteroatoms. The number of rotatable bonds is 5. The maximum atomic E-state index is 11.7. The van der Waals surface area contributed by atoms with Gasteiger partial charge in [0.1, 0.15) is 6.04 Å². The van der Waals surface area contributed by atoms with Gasteiger partial charge in [-0.2, -0.15) is 0 Å². The number of carbonyl (C=O) groups excluding carboxylic acids is 1. The lowest BCUT2D eigenvalue weighted by atomic mass is 10.0. The first kappa shape index (κ1) is 12.7. The van der Waals surface area contributed by atoms with Gasteiger partial charge in [-0.25, -0.2) is 4.79 Å². The van der Waals surface area contributed by atoms with Gasteiger partial charge in [-0.3, -0.25) is 4.79 Å². The number of carboxylic acid groups (broad SMARTS) is 1. The SMILES string of the molecule is O=C(N[C@@H](Cc1c[nH]c2ccccc12)C(=O)O)C1CC1. The third-order valence-electron chi connectivity index (χ3n) is 3.66. The summed E-state index contributed by atoms with van der Waals surface area (Å²) in [6.45, 7) is 0. The minimum atomic E-state index is -0.996. The monoisotopic (exact) mass is 272 g/mol. The van der Waals surface area contributed by atoms with Crippen molar-refractivity contribution in [3.8, 4) is 0 Å². The van der Waals surface area contributed by atoms with Crippen molar-refractivity contribution < 1.29 is 14.7 Å². The molecule has 104 valence electrons. The van der Waals surface area contributed by atoms with Gasteiger partial charge < -0.3 is 15.4 Å². The highest BCUT2D eigenvalue weighted by atomic mass is 16.4. The molecule has 0 radical (unpaired) electrons. The maximum Gasteiger partial charge on any atom is 0.326 e. The summed E-state index contributed by atoms with van der Waals surface area (Å²) in [5.74, 6) is -1.12. The first-order chi connectivity index (χ1) is 9.65. The normalized spacial score (nSPS) is 16.0. The first-order valence-electron chi connectivity index (χ1n) is 6.73. The Morgan fingerprint density at radius 2 is 2.10 bits per heavy atom. The maximum absolute atomic E-state index is 11.7. The second-order valence-corrected chi connectivity index (χ2v) is 5.24. The number of hydrogen-bond donors (Lipinski definition) is 3. The topological polar surface area (TPSA) is 82.2 Å². The van der Waals surface area contributed by atoms with Gasteiger partial charge in [-0.05, 0) is 24.5 Å². The minimum Gasteiger partial charge on any atom is -0.480 e. The molecule has 3 rings (SSSR count). The molecule has 1 aliphatic rings. The molecule has 2 aromatic rings. The molecule has 0 aliphatic heterocycles. The molecule has 0 spiro atoms. The largest absolute Gasteiger partial charge is 0.480 e. The molecule has 1 fully saturated rings. The fraction of sp³-hybridized carbons (Fsp3) is 0.333. The predicted octanol–water partition coefficient (Wildman–Crippen LogP) is 1.69. The number of carbonyl (C=O) groups is 2. The molecule has 3 N–H and O–H groups in total. The molecule has 1 aromatic heterocycles. The quantitative estimate of drug-likeness (QED) is 0.774. The van der Waals surface area contributed by atoms with Crippen molar-refractivity contribution in [3.05, 3.63) is 36.0 Å². The third-order valence-corrected chi connectivity index (χ3v) is 3.66. The van der Waals surface area contributed by atoms with Crippen LogP contribution in [-0.4, -0.2) is 28.0 Å². The fourth-order valence-electron chi connectivity index (χ4n) is 2.36. The predicted molar refractivity (Wildman–Crippen MR) is 74.3 cm³/mol. The van der Waals surface area contributed by atoms with Gasteiger partial charge in [0.05, 0.1) is 0 Å². The second kappa shape index (κ2) is 5.00. The molecular formula is C15H16N2O3. The molecule has 20 heavy (non-hydrogen) atoms. The van der Waals surface area contributed by atoms with Crippen molar-refractivity contribution in [1.82, 2.24) is 10.3 Å². The van der Waals surface area contributed by atoms with Crippen LogP contribution in [0.15, 0.2) is 30.5 Å². The van der Waals surface area contributed by atoms with Gasteiger partial charge in [0.15, 0.2) is 0 Å². The number of amides is 1. The van der Waals surface area contributed by atoms with E-state index in [9.17, 15) is 14.7 Å². The van der Waals surface area contributed by atoms with Gasteiger partial charge in [-0.1, -0.05) is 18.2 Å². The van der Waals surface area contributed by atoms with Crippen LogP contribution in [0.4, 0.5) is 0 Å². The van der Waals surface area contributed by atoms with Gasteiger partial charge in [0.25, 0.3) is 0 Å². The number of fused-ring (bicyclic) bond motifs is 1. The van der Waals surface area contributed by atoms with Crippen LogP contribution in [0.5, 0.6) is 0 Å². The van der Waals surface area contributed by atoms with Crippen LogP contribution >= 0.6 is 0 Å². The van der Waals surface area contributed by atoms with E-state index in [1.807, 2.05) is 30.5 Å². The van der Waals surface area contributed by atoms with E-state index in [1.54, 1.807) is 0 Å². The van der Waals surface area contributed by atoms with Crippen molar-refractivity contribution in [2.45, 2.75) is 25.3 Å². The fourth-order valence-corrected chi connectivity index (χ4v) is 2.36. The number of H-pyrrole nitrogens is 1. The number of aromatic amines is 1. The zero-order chi connectivity index (χ0) is 14.1. The van der Waals surface area contributed by atoms with Crippen LogP contribution in [0.1, 0.15) is 18.4 Å². The van der Waals surface area contributed by atoms with E-state index < -0.39 is 12.0 Å². The van der Waals surface area contributed by atoms with Crippen LogP contribution in [-0.2, 0) is 16.0 Å². The Bertz CT molecular complexity index is 658. The number of carboxylic acids is 1. The third kappa shape index (κ3) is 2.52. The summed E-state index contributed by atoms with van der Waals surface area (Å²) in [6.07, 6.45) is 3.83. The average molecular weight is 272 g/mol. The van der Waals surface area contributed by atoms with Crippen molar-refractivity contribution in [2.75, 3.05) is 0 Å². The lowest BCUT2D eigenvalue weighted by molar-refractivity contribution is -0.141. The summed E-state index contributed by atoms with van der Waals surface area (Å²) in [5, 5.41) is 12.9. The summed E-state index contributed by atoms with van der Waals surface area (Å²) in [7, 11) is 0. The van der Waals surface area contributed by atoms with Crippen LogP contribution in [0.2, 0.25) is 0 Å². The number of aliphatic carboxylic acids is 1. The van der Waals surface area contributed by atoms with Gasteiger partial charge in [0, 0.05) is 29.4 Å². The highest BCUT2D eigenvalue weighted by molar-refractivity contribution is 5.88. The molecule has 1 aliphatic carbocycles. The number of aromatic nitrogens is 1. The van der Waals surface area contributed by atoms with Crippen LogP contribution in [0, 0.1) is 5.92 Å². The molecule has 1 atom stereocenters. The molecule has 0 saturated heterocycles. The van der Waals surface area contributed by atoms with Gasteiger partial charge >= 0.3 is 5.97 Å². The van der Waals surface area contributed by atoms with E-state index in [0.29, 0.717) is 0 Å². The Morgan fingerprint density at radius 3 is 2.80 bits per heavy atom. The molecule has 1 heterocycles. The molecule has 5 nitrogen and oxygen atoms in total. The van der Waals surface area contributed by atoms with E-state index in [-0.39, 0.29) is 18.2 Å². The Morgan fingerprint density at radius 1 is 1.35 bits per heavy atom. The standard InChI is InChI=1S/C15H16N2O3/c18-14(9-5-6-9)17-13(15(19)20)7-10-8-16-12-4-2-1-3-11(10)12/h1-4,8-9,13,16H,5-7H2,(H,17,18)(H,19,20)/t13-/m0/s1.